The predicted octanol–water partition coefficient (Wildman–Crippen LogP) is 2.46. The summed E-state index contributed by atoms with van der Waals surface area (Å²) >= 11 is 0. The number of hydrogen-bond acceptors (Lipinski definition) is 6. The van der Waals surface area contributed by atoms with Gasteiger partial charge in [-0.25, -0.2) is 23.6 Å². The molecule has 0 aromatic carbocycles. The zero-order valence-electron chi connectivity index (χ0n) is 17.4. The number of nitrogens with zero attached hydrogens (tertiary/aromatic N) is 6. The fourth-order valence-corrected chi connectivity index (χ4v) is 4.16. The molecule has 0 bridgehead atoms. The molecule has 4 aromatic rings. The van der Waals surface area contributed by atoms with Gasteiger partial charge in [0, 0.05) is 49.3 Å². The number of imidazole rings is 1. The van der Waals surface area contributed by atoms with Gasteiger partial charge in [-0.05, 0) is 39.0 Å². The third-order valence-electron chi connectivity index (χ3n) is 5.35. The molecule has 0 unspecified atom stereocenters. The second-order valence-electron chi connectivity index (χ2n) is 8.01. The monoisotopic (exact) mass is 443 g/mol. The summed E-state index contributed by atoms with van der Waals surface area (Å²) < 4.78 is 17.5. The van der Waals surface area contributed by atoms with E-state index < -0.39 is 11.5 Å². The van der Waals surface area contributed by atoms with Crippen molar-refractivity contribution in [2.45, 2.75) is 32.9 Å². The lowest BCUT2D eigenvalue weighted by atomic mass is 10.1. The molecular formula is C21H23ClFN7O. The Bertz CT molecular complexity index is 1320. The number of nitrogens with one attached hydrogen (secondary N) is 1. The molecule has 0 spiro atoms. The average molecular weight is 444 g/mol. The third-order valence-corrected chi connectivity index (χ3v) is 5.35. The summed E-state index contributed by atoms with van der Waals surface area (Å²) in [4.78, 5) is 27.8. The van der Waals surface area contributed by atoms with Crippen LogP contribution in [0.1, 0.15) is 19.5 Å². The zero-order valence-corrected chi connectivity index (χ0v) is 18.2. The molecule has 8 nitrogen and oxygen atoms in total. The van der Waals surface area contributed by atoms with E-state index in [0.29, 0.717) is 29.0 Å². The van der Waals surface area contributed by atoms with Crippen molar-refractivity contribution in [2.75, 3.05) is 18.0 Å². The number of aryl methyl sites for hydroxylation is 1. The molecule has 2 atom stereocenters. The smallest absolute Gasteiger partial charge is 0.355 e. The van der Waals surface area contributed by atoms with Crippen LogP contribution < -0.4 is 15.9 Å². The highest BCUT2D eigenvalue weighted by molar-refractivity contribution is 5.85. The molecule has 4 aromatic heterocycles. The maximum absolute atomic E-state index is 14.4. The van der Waals surface area contributed by atoms with E-state index in [1.54, 1.807) is 36.0 Å². The van der Waals surface area contributed by atoms with Gasteiger partial charge in [-0.1, -0.05) is 0 Å². The van der Waals surface area contributed by atoms with Crippen LogP contribution in [0.3, 0.4) is 0 Å². The van der Waals surface area contributed by atoms with E-state index in [0.717, 1.165) is 18.8 Å². The van der Waals surface area contributed by atoms with Crippen molar-refractivity contribution in [2.24, 2.45) is 0 Å². The van der Waals surface area contributed by atoms with E-state index in [1.165, 1.54) is 10.5 Å². The number of hydrogen-bond donors (Lipinski definition) is 1. The maximum atomic E-state index is 14.4. The number of rotatable bonds is 2. The lowest BCUT2D eigenvalue weighted by Crippen LogP contribution is -2.54. The molecule has 1 fully saturated rings. The van der Waals surface area contributed by atoms with Gasteiger partial charge in [0.15, 0.2) is 17.3 Å². The first-order valence-electron chi connectivity index (χ1n) is 9.94. The normalized spacial score (nSPS) is 19.0. The van der Waals surface area contributed by atoms with Crippen LogP contribution in [0.25, 0.3) is 22.7 Å². The fraction of sp³-hybridized carbons (Fsp3) is 0.333. The Morgan fingerprint density at radius 2 is 1.81 bits per heavy atom. The van der Waals surface area contributed by atoms with Crippen molar-refractivity contribution in [3.8, 4) is 11.4 Å². The average Bonchev–Trinajstić information content (AvgIpc) is 3.08. The van der Waals surface area contributed by atoms with Crippen molar-refractivity contribution in [3.63, 3.8) is 0 Å². The van der Waals surface area contributed by atoms with Crippen LogP contribution in [-0.2, 0) is 0 Å². The van der Waals surface area contributed by atoms with Crippen LogP contribution in [0.5, 0.6) is 0 Å². The Labute approximate surface area is 184 Å². The quantitative estimate of drug-likeness (QED) is 0.512. The Hall–Kier alpha value is -3.04. The topological polar surface area (TPSA) is 79.8 Å². The molecule has 1 aliphatic rings. The number of piperazine rings is 1. The van der Waals surface area contributed by atoms with E-state index in [1.807, 2.05) is 6.07 Å². The molecule has 1 aliphatic heterocycles. The molecule has 1 N–H and O–H groups in total. The zero-order chi connectivity index (χ0) is 21.0. The van der Waals surface area contributed by atoms with Gasteiger partial charge in [-0.2, -0.15) is 4.98 Å². The first-order chi connectivity index (χ1) is 14.4. The largest absolute Gasteiger partial charge is 0.367 e. The summed E-state index contributed by atoms with van der Waals surface area (Å²) in [6.45, 7) is 7.79. The maximum Gasteiger partial charge on any atom is 0.355 e. The molecule has 0 saturated carbocycles. The van der Waals surface area contributed by atoms with Crippen molar-refractivity contribution in [1.29, 1.82) is 0 Å². The molecule has 0 amide bonds. The summed E-state index contributed by atoms with van der Waals surface area (Å²) in [7, 11) is 0. The molecule has 5 rings (SSSR count). The highest BCUT2D eigenvalue weighted by Gasteiger charge is 2.21. The number of fused-ring (bicyclic) bond motifs is 2. The van der Waals surface area contributed by atoms with Crippen LogP contribution in [0.15, 0.2) is 41.6 Å². The highest BCUT2D eigenvalue weighted by atomic mass is 35.5. The van der Waals surface area contributed by atoms with Gasteiger partial charge in [0.1, 0.15) is 5.65 Å². The third kappa shape index (κ3) is 3.86. The van der Waals surface area contributed by atoms with Gasteiger partial charge in [0.25, 0.3) is 0 Å². The molecular weight excluding hydrogens is 421 g/mol. The minimum absolute atomic E-state index is 0. The van der Waals surface area contributed by atoms with E-state index >= 15 is 0 Å². The molecule has 0 radical (unpaired) electrons. The predicted molar refractivity (Wildman–Crippen MR) is 120 cm³/mol. The molecule has 0 aliphatic carbocycles. The van der Waals surface area contributed by atoms with Crippen LogP contribution in [-0.4, -0.2) is 48.9 Å². The van der Waals surface area contributed by atoms with Gasteiger partial charge in [0.05, 0.1) is 11.4 Å². The SMILES string of the molecule is Cc1cn2cc(-c3nc(=O)n4cc(N5C[C@@H](C)N[C@@H](C)C5)ccc4n3)cc(F)c2n1.Cl. The fourth-order valence-electron chi connectivity index (χ4n) is 4.16. The van der Waals surface area contributed by atoms with Gasteiger partial charge in [-0.15, -0.1) is 12.4 Å². The molecule has 31 heavy (non-hydrogen) atoms. The summed E-state index contributed by atoms with van der Waals surface area (Å²) in [5.41, 5.74) is 2.32. The van der Waals surface area contributed by atoms with Gasteiger partial charge in [-0.3, -0.25) is 0 Å². The Morgan fingerprint density at radius 3 is 2.55 bits per heavy atom. The molecule has 5 heterocycles. The van der Waals surface area contributed by atoms with Crippen molar-refractivity contribution in [3.05, 3.63) is 58.8 Å². The summed E-state index contributed by atoms with van der Waals surface area (Å²) in [6, 6.07) is 5.78. The summed E-state index contributed by atoms with van der Waals surface area (Å²) in [6.07, 6.45) is 5.17. The van der Waals surface area contributed by atoms with Gasteiger partial charge >= 0.3 is 5.69 Å². The van der Waals surface area contributed by atoms with Crippen molar-refractivity contribution in [1.82, 2.24) is 29.1 Å². The van der Waals surface area contributed by atoms with E-state index in [4.69, 9.17) is 0 Å². The molecule has 10 heteroatoms. The van der Waals surface area contributed by atoms with Gasteiger partial charge in [0.2, 0.25) is 0 Å². The highest BCUT2D eigenvalue weighted by Crippen LogP contribution is 2.21. The Kier molecular flexibility index (Phi) is 5.40. The minimum atomic E-state index is -0.485. The number of halogens is 2. The van der Waals surface area contributed by atoms with Crippen LogP contribution in [0.4, 0.5) is 10.1 Å². The van der Waals surface area contributed by atoms with Crippen LogP contribution in [0.2, 0.25) is 0 Å². The first-order valence-corrected chi connectivity index (χ1v) is 9.94. The standard InChI is InChI=1S/C21H22FN7O.ClH/c1-12-7-27(8-13(2)23-12)16-4-5-18-25-19(26-21(30)29(18)11-16)15-6-17(22)20-24-14(3)9-28(20)10-15;/h4-6,9-13,23H,7-8H2,1-3H3;1H/t12-,13+;. The van der Waals surface area contributed by atoms with E-state index in [2.05, 4.69) is 39.0 Å². The number of pyridine rings is 2. The lowest BCUT2D eigenvalue weighted by molar-refractivity contribution is 0.407. The van der Waals surface area contributed by atoms with Gasteiger partial charge < -0.3 is 14.6 Å². The van der Waals surface area contributed by atoms with E-state index in [-0.39, 0.29) is 23.9 Å². The van der Waals surface area contributed by atoms with Crippen molar-refractivity contribution < 1.29 is 4.39 Å². The number of anilines is 1. The minimum Gasteiger partial charge on any atom is -0.367 e. The molecule has 1 saturated heterocycles. The van der Waals surface area contributed by atoms with E-state index in [9.17, 15) is 9.18 Å². The second-order valence-corrected chi connectivity index (χ2v) is 8.01. The Balaban J connectivity index is 0.00000231. The summed E-state index contributed by atoms with van der Waals surface area (Å²) in [5.74, 6) is -0.300. The Morgan fingerprint density at radius 1 is 1.06 bits per heavy atom. The van der Waals surface area contributed by atoms with Crippen LogP contribution >= 0.6 is 12.4 Å². The second kappa shape index (κ2) is 7.90. The van der Waals surface area contributed by atoms with Crippen LogP contribution in [0, 0.1) is 12.7 Å². The number of aromatic nitrogens is 5. The molecule has 162 valence electrons. The first kappa shape index (κ1) is 21.2. The van der Waals surface area contributed by atoms with Crippen molar-refractivity contribution >= 4 is 29.4 Å². The summed E-state index contributed by atoms with van der Waals surface area (Å²) in [5, 5.41) is 3.50. The lowest BCUT2D eigenvalue weighted by Gasteiger charge is -2.37.